The summed E-state index contributed by atoms with van der Waals surface area (Å²) in [4.78, 5) is 8.38. The van der Waals surface area contributed by atoms with E-state index in [0.717, 1.165) is 19.4 Å². The molecule has 3 heteroatoms. The number of nitrogens with one attached hydrogen (secondary N) is 1. The molecular weight excluding hydrogens is 246 g/mol. The van der Waals surface area contributed by atoms with Crippen LogP contribution in [0.25, 0.3) is 0 Å². The van der Waals surface area contributed by atoms with Crippen molar-refractivity contribution in [1.82, 2.24) is 9.97 Å². The Kier molecular flexibility index (Phi) is 5.54. The average Bonchev–Trinajstić information content (AvgIpc) is 2.47. The highest BCUT2D eigenvalue weighted by Gasteiger charge is 2.02. The number of anilines is 1. The summed E-state index contributed by atoms with van der Waals surface area (Å²) in [6, 6.07) is 8.75. The van der Waals surface area contributed by atoms with Crippen LogP contribution in [0.2, 0.25) is 0 Å². The molecule has 0 amide bonds. The number of rotatable bonds is 7. The smallest absolute Gasteiger partial charge is 0.222 e. The molecule has 0 saturated carbocycles. The molecule has 1 aromatic carbocycles. The van der Waals surface area contributed by atoms with Crippen molar-refractivity contribution in [3.05, 3.63) is 53.3 Å². The number of aryl methyl sites for hydroxylation is 2. The maximum atomic E-state index is 4.19. The van der Waals surface area contributed by atoms with Gasteiger partial charge in [0.25, 0.3) is 0 Å². The Morgan fingerprint density at radius 1 is 0.850 bits per heavy atom. The number of hydrogen-bond donors (Lipinski definition) is 1. The zero-order chi connectivity index (χ0) is 14.2. The van der Waals surface area contributed by atoms with E-state index in [1.807, 2.05) is 6.07 Å². The molecule has 0 fully saturated rings. The van der Waals surface area contributed by atoms with Crippen LogP contribution in [0, 0.1) is 0 Å². The van der Waals surface area contributed by atoms with Gasteiger partial charge >= 0.3 is 0 Å². The summed E-state index contributed by atoms with van der Waals surface area (Å²) in [5.41, 5.74) is 4.18. The van der Waals surface area contributed by atoms with Crippen molar-refractivity contribution in [2.45, 2.75) is 46.1 Å². The van der Waals surface area contributed by atoms with Gasteiger partial charge in [0.15, 0.2) is 0 Å². The summed E-state index contributed by atoms with van der Waals surface area (Å²) in [7, 11) is 0. The molecule has 0 aliphatic carbocycles. The van der Waals surface area contributed by atoms with Crippen molar-refractivity contribution in [3.8, 4) is 0 Å². The van der Waals surface area contributed by atoms with Crippen LogP contribution in [0.4, 0.5) is 5.95 Å². The van der Waals surface area contributed by atoms with E-state index in [0.29, 0.717) is 5.95 Å². The van der Waals surface area contributed by atoms with Crippen molar-refractivity contribution < 1.29 is 0 Å². The highest BCUT2D eigenvalue weighted by molar-refractivity contribution is 5.33. The Labute approximate surface area is 121 Å². The van der Waals surface area contributed by atoms with Gasteiger partial charge in [-0.1, -0.05) is 44.9 Å². The highest BCUT2D eigenvalue weighted by atomic mass is 15.1. The van der Waals surface area contributed by atoms with Crippen LogP contribution < -0.4 is 5.32 Å². The van der Waals surface area contributed by atoms with E-state index in [1.165, 1.54) is 29.5 Å². The Morgan fingerprint density at radius 3 is 1.95 bits per heavy atom. The molecule has 20 heavy (non-hydrogen) atoms. The first-order chi connectivity index (χ1) is 9.81. The lowest BCUT2D eigenvalue weighted by molar-refractivity contribution is 0.888. The second-order valence-electron chi connectivity index (χ2n) is 5.08. The fraction of sp³-hybridized carbons (Fsp3) is 0.412. The van der Waals surface area contributed by atoms with Gasteiger partial charge in [-0.3, -0.25) is 0 Å². The van der Waals surface area contributed by atoms with E-state index in [-0.39, 0.29) is 0 Å². The van der Waals surface area contributed by atoms with Crippen molar-refractivity contribution >= 4 is 5.95 Å². The first-order valence-corrected chi connectivity index (χ1v) is 7.44. The summed E-state index contributed by atoms with van der Waals surface area (Å²) in [6.07, 6.45) is 8.17. The zero-order valence-corrected chi connectivity index (χ0v) is 12.4. The molecule has 0 unspecified atom stereocenters. The van der Waals surface area contributed by atoms with E-state index in [9.17, 15) is 0 Å². The SMILES string of the molecule is CCCc1cc(CCC)cc(CNc2ncccn2)c1. The Morgan fingerprint density at radius 2 is 1.40 bits per heavy atom. The third-order valence-electron chi connectivity index (χ3n) is 3.21. The van der Waals surface area contributed by atoms with E-state index >= 15 is 0 Å². The number of nitrogens with zero attached hydrogens (tertiary/aromatic N) is 2. The molecule has 0 spiro atoms. The van der Waals surface area contributed by atoms with Crippen LogP contribution in [0.3, 0.4) is 0 Å². The minimum absolute atomic E-state index is 0.686. The number of benzene rings is 1. The fourth-order valence-corrected chi connectivity index (χ4v) is 2.38. The van der Waals surface area contributed by atoms with Crippen molar-refractivity contribution in [1.29, 1.82) is 0 Å². The van der Waals surface area contributed by atoms with Crippen LogP contribution in [-0.4, -0.2) is 9.97 Å². The molecule has 106 valence electrons. The van der Waals surface area contributed by atoms with E-state index in [1.54, 1.807) is 12.4 Å². The summed E-state index contributed by atoms with van der Waals surface area (Å²) in [6.45, 7) is 5.22. The van der Waals surface area contributed by atoms with Crippen LogP contribution in [-0.2, 0) is 19.4 Å². The lowest BCUT2D eigenvalue weighted by atomic mass is 10.00. The highest BCUT2D eigenvalue weighted by Crippen LogP contribution is 2.15. The minimum atomic E-state index is 0.686. The Hall–Kier alpha value is -1.90. The quantitative estimate of drug-likeness (QED) is 0.825. The maximum Gasteiger partial charge on any atom is 0.222 e. The molecule has 1 N–H and O–H groups in total. The fourth-order valence-electron chi connectivity index (χ4n) is 2.38. The third-order valence-corrected chi connectivity index (χ3v) is 3.21. The summed E-state index contributed by atoms with van der Waals surface area (Å²) < 4.78 is 0. The standard InChI is InChI=1S/C17H23N3/c1-3-6-14-10-15(7-4-2)12-16(11-14)13-20-17-18-8-5-9-19-17/h5,8-12H,3-4,6-7,13H2,1-2H3,(H,18,19,20). The monoisotopic (exact) mass is 269 g/mol. The van der Waals surface area contributed by atoms with Gasteiger partial charge in [-0.15, -0.1) is 0 Å². The second kappa shape index (κ2) is 7.63. The van der Waals surface area contributed by atoms with Gasteiger partial charge in [0.2, 0.25) is 5.95 Å². The van der Waals surface area contributed by atoms with Gasteiger partial charge in [0.1, 0.15) is 0 Å². The molecule has 0 atom stereocenters. The second-order valence-corrected chi connectivity index (χ2v) is 5.08. The van der Waals surface area contributed by atoms with E-state index < -0.39 is 0 Å². The van der Waals surface area contributed by atoms with E-state index in [2.05, 4.69) is 47.3 Å². The molecule has 1 aromatic heterocycles. The van der Waals surface area contributed by atoms with Gasteiger partial charge in [0.05, 0.1) is 0 Å². The Bertz CT molecular complexity index is 499. The van der Waals surface area contributed by atoms with Gasteiger partial charge in [-0.05, 0) is 35.6 Å². The average molecular weight is 269 g/mol. The summed E-state index contributed by atoms with van der Waals surface area (Å²) >= 11 is 0. The summed E-state index contributed by atoms with van der Waals surface area (Å²) in [5, 5.41) is 3.28. The topological polar surface area (TPSA) is 37.8 Å². The molecule has 0 bridgehead atoms. The van der Waals surface area contributed by atoms with Gasteiger partial charge in [-0.2, -0.15) is 0 Å². The molecule has 0 radical (unpaired) electrons. The Balaban J connectivity index is 2.09. The van der Waals surface area contributed by atoms with Crippen LogP contribution >= 0.6 is 0 Å². The maximum absolute atomic E-state index is 4.19. The van der Waals surface area contributed by atoms with Crippen LogP contribution in [0.1, 0.15) is 43.4 Å². The largest absolute Gasteiger partial charge is 0.350 e. The predicted molar refractivity (Wildman–Crippen MR) is 83.8 cm³/mol. The molecule has 2 aromatic rings. The van der Waals surface area contributed by atoms with Crippen LogP contribution in [0.15, 0.2) is 36.7 Å². The van der Waals surface area contributed by atoms with Gasteiger partial charge in [-0.25, -0.2) is 9.97 Å². The van der Waals surface area contributed by atoms with Crippen LogP contribution in [0.5, 0.6) is 0 Å². The van der Waals surface area contributed by atoms with Crippen molar-refractivity contribution in [3.63, 3.8) is 0 Å². The normalized spacial score (nSPS) is 10.5. The third kappa shape index (κ3) is 4.34. The first kappa shape index (κ1) is 14.5. The molecule has 1 heterocycles. The number of hydrogen-bond acceptors (Lipinski definition) is 3. The summed E-state index contributed by atoms with van der Waals surface area (Å²) in [5.74, 6) is 0.686. The molecule has 0 aliphatic rings. The molecule has 0 saturated heterocycles. The van der Waals surface area contributed by atoms with Gasteiger partial charge < -0.3 is 5.32 Å². The van der Waals surface area contributed by atoms with Crippen molar-refractivity contribution in [2.75, 3.05) is 5.32 Å². The minimum Gasteiger partial charge on any atom is -0.350 e. The first-order valence-electron chi connectivity index (χ1n) is 7.44. The molecule has 3 nitrogen and oxygen atoms in total. The molecule has 0 aliphatic heterocycles. The molecule has 2 rings (SSSR count). The van der Waals surface area contributed by atoms with Crippen molar-refractivity contribution in [2.24, 2.45) is 0 Å². The number of aromatic nitrogens is 2. The lowest BCUT2D eigenvalue weighted by Crippen LogP contribution is -2.04. The zero-order valence-electron chi connectivity index (χ0n) is 12.4. The predicted octanol–water partition coefficient (Wildman–Crippen LogP) is 3.99. The van der Waals surface area contributed by atoms with Gasteiger partial charge in [0, 0.05) is 18.9 Å². The van der Waals surface area contributed by atoms with E-state index in [4.69, 9.17) is 0 Å². The lowest BCUT2D eigenvalue weighted by Gasteiger charge is -2.10. The molecular formula is C17H23N3.